The number of unbranched alkanes of at least 4 members (excludes halogenated alkanes) is 18. The Bertz CT molecular complexity index is 1220. The molecule has 7 heteroatoms. The maximum Gasteiger partial charge on any atom is 0.306 e. The van der Waals surface area contributed by atoms with E-state index in [4.69, 9.17) is 18.3 Å². The van der Waals surface area contributed by atoms with Crippen LogP contribution in [0.15, 0.2) is 14.9 Å². The molecule has 0 aromatic carbocycles. The Morgan fingerprint density at radius 2 is 1.00 bits per heavy atom. The molecule has 2 aromatic rings. The van der Waals surface area contributed by atoms with E-state index < -0.39 is 6.10 Å². The zero-order valence-electron chi connectivity index (χ0n) is 34.8. The van der Waals surface area contributed by atoms with Crippen LogP contribution in [0.5, 0.6) is 0 Å². The lowest BCUT2D eigenvalue weighted by atomic mass is 10.0. The average molecular weight is 743 g/mol. The van der Waals surface area contributed by atoms with Crippen molar-refractivity contribution >= 4 is 11.9 Å². The molecule has 0 spiro atoms. The number of aliphatic hydroxyl groups is 1. The molecule has 0 aliphatic carbocycles. The van der Waals surface area contributed by atoms with Gasteiger partial charge in [-0.25, -0.2) is 0 Å². The summed E-state index contributed by atoms with van der Waals surface area (Å²) in [5, 5.41) is 9.63. The van der Waals surface area contributed by atoms with Crippen LogP contribution >= 0.6 is 0 Å². The molecule has 0 radical (unpaired) electrons. The molecule has 2 rings (SSSR count). The Kier molecular flexibility index (Phi) is 26.2. The lowest BCUT2D eigenvalue weighted by Crippen LogP contribution is -2.28. The van der Waals surface area contributed by atoms with Gasteiger partial charge in [0, 0.05) is 38.5 Å². The summed E-state index contributed by atoms with van der Waals surface area (Å²) in [5.74, 6) is 4.07. The molecule has 0 amide bonds. The van der Waals surface area contributed by atoms with Crippen molar-refractivity contribution in [3.05, 3.63) is 45.8 Å². The van der Waals surface area contributed by atoms with Crippen LogP contribution < -0.4 is 0 Å². The molecule has 0 aliphatic heterocycles. The maximum atomic E-state index is 12.3. The van der Waals surface area contributed by atoms with Crippen molar-refractivity contribution in [2.24, 2.45) is 0 Å². The highest BCUT2D eigenvalue weighted by Gasteiger charge is 2.16. The first-order valence-electron chi connectivity index (χ1n) is 21.9. The summed E-state index contributed by atoms with van der Waals surface area (Å²) in [7, 11) is 0. The van der Waals surface area contributed by atoms with Gasteiger partial charge in [-0.05, 0) is 82.1 Å². The Morgan fingerprint density at radius 1 is 0.566 bits per heavy atom. The topological polar surface area (TPSA) is 99.1 Å². The van der Waals surface area contributed by atoms with Gasteiger partial charge in [-0.15, -0.1) is 0 Å². The standard InChI is InChI=1S/C46H78O7/c1-6-8-22-28-40-34-37(3)42(51-40)29-24-18-14-10-12-16-20-26-32-45(48)50-36-41(35-47)52-46(49)33-27-21-17-13-11-15-19-25-31-44-39(5)38(4)43(53-44)30-23-9-7-2/h34,41,47H,6-33,35-36H2,1-5H3/t41-/m0/s1. The number of esters is 2. The first-order valence-corrected chi connectivity index (χ1v) is 21.9. The second-order valence-electron chi connectivity index (χ2n) is 15.6. The van der Waals surface area contributed by atoms with Crippen LogP contribution in [0.25, 0.3) is 0 Å². The predicted molar refractivity (Wildman–Crippen MR) is 217 cm³/mol. The molecule has 1 atom stereocenters. The molecule has 0 bridgehead atoms. The number of aliphatic hydroxyl groups excluding tert-OH is 1. The Balaban J connectivity index is 1.39. The average Bonchev–Trinajstić information content (AvgIpc) is 3.64. The Labute approximate surface area is 323 Å². The van der Waals surface area contributed by atoms with E-state index in [2.05, 4.69) is 40.7 Å². The van der Waals surface area contributed by atoms with Gasteiger partial charge in [0.25, 0.3) is 0 Å². The highest BCUT2D eigenvalue weighted by molar-refractivity contribution is 5.70. The predicted octanol–water partition coefficient (Wildman–Crippen LogP) is 12.5. The SMILES string of the molecule is CCCCCc1cc(C)c(CCCCCCCCCCC(=O)OC[C@H](CO)OC(=O)CCCCCCCCCCc2oc(CCCCC)c(C)c2C)o1. The zero-order chi connectivity index (χ0) is 38.5. The van der Waals surface area contributed by atoms with Gasteiger partial charge in [0.15, 0.2) is 6.10 Å². The lowest BCUT2D eigenvalue weighted by Gasteiger charge is -2.15. The van der Waals surface area contributed by atoms with Gasteiger partial charge in [0.1, 0.15) is 29.6 Å². The normalized spacial score (nSPS) is 12.0. The lowest BCUT2D eigenvalue weighted by molar-refractivity contribution is -0.161. The minimum atomic E-state index is -0.794. The van der Waals surface area contributed by atoms with Crippen LogP contribution in [0, 0.1) is 20.8 Å². The number of aryl methyl sites for hydroxylation is 5. The van der Waals surface area contributed by atoms with Crippen molar-refractivity contribution < 1.29 is 33.0 Å². The van der Waals surface area contributed by atoms with Gasteiger partial charge in [-0.3, -0.25) is 9.59 Å². The van der Waals surface area contributed by atoms with Crippen molar-refractivity contribution in [1.82, 2.24) is 0 Å². The quantitative estimate of drug-likeness (QED) is 0.0563. The fourth-order valence-electron chi connectivity index (χ4n) is 7.10. The van der Waals surface area contributed by atoms with Crippen LogP contribution in [0.1, 0.15) is 208 Å². The van der Waals surface area contributed by atoms with Crippen molar-refractivity contribution in [3.8, 4) is 0 Å². The van der Waals surface area contributed by atoms with E-state index in [1.807, 2.05) is 0 Å². The molecule has 7 nitrogen and oxygen atoms in total. The molecule has 0 saturated carbocycles. The summed E-state index contributed by atoms with van der Waals surface area (Å²) >= 11 is 0. The minimum Gasteiger partial charge on any atom is -0.466 e. The number of hydrogen-bond acceptors (Lipinski definition) is 7. The fourth-order valence-corrected chi connectivity index (χ4v) is 7.10. The van der Waals surface area contributed by atoms with Crippen LogP contribution in [0.3, 0.4) is 0 Å². The molecule has 53 heavy (non-hydrogen) atoms. The number of furan rings is 2. The summed E-state index contributed by atoms with van der Waals surface area (Å²) in [6, 6.07) is 2.22. The highest BCUT2D eigenvalue weighted by Crippen LogP contribution is 2.25. The molecule has 304 valence electrons. The molecule has 1 N–H and O–H groups in total. The van der Waals surface area contributed by atoms with E-state index in [9.17, 15) is 14.7 Å². The molecular formula is C46H78O7. The van der Waals surface area contributed by atoms with Crippen LogP contribution in [-0.4, -0.2) is 36.4 Å². The van der Waals surface area contributed by atoms with Crippen molar-refractivity contribution in [3.63, 3.8) is 0 Å². The van der Waals surface area contributed by atoms with Gasteiger partial charge in [0.05, 0.1) is 6.61 Å². The van der Waals surface area contributed by atoms with E-state index in [0.29, 0.717) is 12.8 Å². The fraction of sp³-hybridized carbons (Fsp3) is 0.783. The summed E-state index contributed by atoms with van der Waals surface area (Å²) in [5.41, 5.74) is 4.00. The third-order valence-corrected chi connectivity index (χ3v) is 10.8. The highest BCUT2D eigenvalue weighted by atomic mass is 16.6. The third kappa shape index (κ3) is 21.2. The van der Waals surface area contributed by atoms with E-state index >= 15 is 0 Å². The molecule has 2 heterocycles. The number of hydrogen-bond donors (Lipinski definition) is 1. The van der Waals surface area contributed by atoms with E-state index in [1.165, 1.54) is 137 Å². The van der Waals surface area contributed by atoms with Gasteiger partial charge < -0.3 is 23.4 Å². The second kappa shape index (κ2) is 29.8. The van der Waals surface area contributed by atoms with Gasteiger partial charge in [-0.2, -0.15) is 0 Å². The minimum absolute atomic E-state index is 0.0853. The number of carbonyl (C=O) groups is 2. The Morgan fingerprint density at radius 3 is 1.51 bits per heavy atom. The van der Waals surface area contributed by atoms with Crippen molar-refractivity contribution in [2.45, 2.75) is 221 Å². The largest absolute Gasteiger partial charge is 0.466 e. The van der Waals surface area contributed by atoms with Gasteiger partial charge in [0.2, 0.25) is 0 Å². The first-order chi connectivity index (χ1) is 25.8. The summed E-state index contributed by atoms with van der Waals surface area (Å²) in [6.07, 6.45) is 29.4. The maximum absolute atomic E-state index is 12.3. The smallest absolute Gasteiger partial charge is 0.306 e. The molecular weight excluding hydrogens is 664 g/mol. The van der Waals surface area contributed by atoms with Gasteiger partial charge in [-0.1, -0.05) is 117 Å². The summed E-state index contributed by atoms with van der Waals surface area (Å²) < 4.78 is 23.0. The second-order valence-corrected chi connectivity index (χ2v) is 15.6. The molecule has 2 aromatic heterocycles. The molecule has 0 saturated heterocycles. The molecule has 0 unspecified atom stereocenters. The third-order valence-electron chi connectivity index (χ3n) is 10.8. The van der Waals surface area contributed by atoms with Crippen molar-refractivity contribution in [1.29, 1.82) is 0 Å². The number of carbonyl (C=O) groups excluding carboxylic acids is 2. The van der Waals surface area contributed by atoms with Crippen LogP contribution in [-0.2, 0) is 44.7 Å². The summed E-state index contributed by atoms with van der Waals surface area (Å²) in [4.78, 5) is 24.5. The van der Waals surface area contributed by atoms with E-state index in [0.717, 1.165) is 70.0 Å². The zero-order valence-corrected chi connectivity index (χ0v) is 34.8. The van der Waals surface area contributed by atoms with Gasteiger partial charge >= 0.3 is 11.9 Å². The monoisotopic (exact) mass is 743 g/mol. The summed E-state index contributed by atoms with van der Waals surface area (Å²) in [6.45, 7) is 10.6. The van der Waals surface area contributed by atoms with Crippen LogP contribution in [0.2, 0.25) is 0 Å². The molecule has 0 aliphatic rings. The van der Waals surface area contributed by atoms with E-state index in [1.54, 1.807) is 0 Å². The molecule has 0 fully saturated rings. The van der Waals surface area contributed by atoms with Crippen molar-refractivity contribution in [2.75, 3.05) is 13.2 Å². The van der Waals surface area contributed by atoms with E-state index in [-0.39, 0.29) is 25.2 Å². The Hall–Kier alpha value is -2.54. The number of rotatable bonds is 34. The van der Waals surface area contributed by atoms with Crippen LogP contribution in [0.4, 0.5) is 0 Å². The first kappa shape index (κ1) is 46.6. The number of ether oxygens (including phenoxy) is 2.